The van der Waals surface area contributed by atoms with Crippen LogP contribution in [0.5, 0.6) is 5.88 Å². The average Bonchev–Trinajstić information content (AvgIpc) is 3.31. The van der Waals surface area contributed by atoms with E-state index in [-0.39, 0.29) is 5.92 Å². The van der Waals surface area contributed by atoms with Crippen molar-refractivity contribution in [1.29, 1.82) is 0 Å². The number of nitrogens with one attached hydrogen (secondary N) is 1. The van der Waals surface area contributed by atoms with Crippen molar-refractivity contribution in [3.05, 3.63) is 48.8 Å². The first-order chi connectivity index (χ1) is 16.7. The normalized spacial score (nSPS) is 12.5. The first kappa shape index (κ1) is 23.8. The molecule has 4 rings (SSSR count). The van der Waals surface area contributed by atoms with E-state index in [2.05, 4.69) is 26.4 Å². The Morgan fingerprint density at radius 1 is 1.18 bits per heavy atom. The van der Waals surface area contributed by atoms with Crippen molar-refractivity contribution in [3.63, 3.8) is 0 Å². The minimum atomic E-state index is -0.468. The third-order valence-corrected chi connectivity index (χ3v) is 6.06. The van der Waals surface area contributed by atoms with Crippen LogP contribution in [0.4, 0.5) is 14.7 Å². The summed E-state index contributed by atoms with van der Waals surface area (Å²) in [6.45, 7) is 3.28. The number of aromatic nitrogens is 4. The van der Waals surface area contributed by atoms with E-state index >= 15 is 0 Å². The maximum Gasteiger partial charge on any atom is 0.244 e. The molecule has 3 aromatic heterocycles. The molecule has 0 bridgehead atoms. The van der Waals surface area contributed by atoms with Crippen LogP contribution in [0.15, 0.2) is 48.8 Å². The summed E-state index contributed by atoms with van der Waals surface area (Å²) >= 11 is 0. The van der Waals surface area contributed by atoms with Crippen molar-refractivity contribution < 1.29 is 13.5 Å². The molecule has 0 aliphatic carbocycles. The van der Waals surface area contributed by atoms with Gasteiger partial charge in [-0.2, -0.15) is 4.98 Å². The maximum atomic E-state index is 13.6. The summed E-state index contributed by atoms with van der Waals surface area (Å²) in [7, 11) is 1.57. The van der Waals surface area contributed by atoms with E-state index in [9.17, 15) is 8.78 Å². The predicted octanol–water partition coefficient (Wildman–Crippen LogP) is 4.63. The molecule has 0 radical (unpaired) electrons. The zero-order valence-corrected chi connectivity index (χ0v) is 19.5. The molecule has 0 aliphatic heterocycles. The first-order valence-electron chi connectivity index (χ1n) is 11.5. The second-order valence-electron chi connectivity index (χ2n) is 8.19. The second kappa shape index (κ2) is 11.2. The Bertz CT molecular complexity index is 1230. The minimum Gasteiger partial charge on any atom is -0.479 e. The number of hydrogen-bond acceptors (Lipinski definition) is 6. The largest absolute Gasteiger partial charge is 0.479 e. The molecule has 180 valence electrons. The van der Waals surface area contributed by atoms with E-state index in [1.807, 2.05) is 48.4 Å². The summed E-state index contributed by atoms with van der Waals surface area (Å²) in [5.74, 6) is 0.579. The molecule has 0 fully saturated rings. The number of ether oxygens (including phenoxy) is 1. The van der Waals surface area contributed by atoms with E-state index in [4.69, 9.17) is 4.74 Å². The quantitative estimate of drug-likeness (QED) is 0.327. The smallest absolute Gasteiger partial charge is 0.244 e. The topological polar surface area (TPSA) is 67.6 Å². The molecular weight excluding hydrogens is 438 g/mol. The predicted molar refractivity (Wildman–Crippen MR) is 131 cm³/mol. The van der Waals surface area contributed by atoms with Gasteiger partial charge >= 0.3 is 0 Å². The minimum absolute atomic E-state index is 0.217. The fourth-order valence-corrected chi connectivity index (χ4v) is 4.07. The molecule has 0 amide bonds. The SMILES string of the molecule is CCN(CCF)CC[C@@H](CF)CNc1nc(OC)c2c(-c3ccc4ncccc4c3)ccn2n1. The summed E-state index contributed by atoms with van der Waals surface area (Å²) in [6, 6.07) is 12.0. The third-order valence-electron chi connectivity index (χ3n) is 6.06. The molecule has 7 nitrogen and oxygen atoms in total. The van der Waals surface area contributed by atoms with E-state index in [0.29, 0.717) is 37.9 Å². The van der Waals surface area contributed by atoms with Gasteiger partial charge < -0.3 is 15.0 Å². The van der Waals surface area contributed by atoms with Crippen molar-refractivity contribution in [3.8, 4) is 17.0 Å². The number of benzene rings is 1. The molecule has 0 saturated heterocycles. The number of nitrogens with zero attached hydrogens (tertiary/aromatic N) is 5. The standard InChI is InChI=1S/C25H30F2N6O/c1-3-32(14-10-26)12-8-18(16-27)17-29-25-30-24(34-2)23-21(9-13-33(23)31-25)19-6-7-22-20(15-19)5-4-11-28-22/h4-7,9,11,13,15,18H,3,8,10,12,14,16-17H2,1-2H3,(H,29,31)/t18-/m0/s1. The van der Waals surface area contributed by atoms with E-state index < -0.39 is 13.3 Å². The lowest BCUT2D eigenvalue weighted by atomic mass is 10.0. The van der Waals surface area contributed by atoms with Crippen molar-refractivity contribution in [2.75, 3.05) is 52.0 Å². The van der Waals surface area contributed by atoms with Gasteiger partial charge in [-0.25, -0.2) is 8.91 Å². The van der Waals surface area contributed by atoms with Crippen molar-refractivity contribution in [2.45, 2.75) is 13.3 Å². The summed E-state index contributed by atoms with van der Waals surface area (Å²) in [4.78, 5) is 10.9. The monoisotopic (exact) mass is 468 g/mol. The van der Waals surface area contributed by atoms with Gasteiger partial charge in [0, 0.05) is 42.4 Å². The lowest BCUT2D eigenvalue weighted by molar-refractivity contribution is 0.231. The first-order valence-corrected chi connectivity index (χ1v) is 11.5. The van der Waals surface area contributed by atoms with Crippen molar-refractivity contribution in [2.24, 2.45) is 5.92 Å². The van der Waals surface area contributed by atoms with Gasteiger partial charge in [0.05, 0.1) is 19.3 Å². The van der Waals surface area contributed by atoms with Gasteiger partial charge in [0.25, 0.3) is 0 Å². The zero-order valence-electron chi connectivity index (χ0n) is 19.5. The van der Waals surface area contributed by atoms with E-state index in [0.717, 1.165) is 34.1 Å². The van der Waals surface area contributed by atoms with Crippen LogP contribution in [0, 0.1) is 5.92 Å². The van der Waals surface area contributed by atoms with Crippen LogP contribution in [0.1, 0.15) is 13.3 Å². The van der Waals surface area contributed by atoms with Gasteiger partial charge in [0.15, 0.2) is 0 Å². The number of rotatable bonds is 12. The molecule has 1 N–H and O–H groups in total. The molecule has 1 aromatic carbocycles. The molecule has 3 heterocycles. The highest BCUT2D eigenvalue weighted by molar-refractivity contribution is 5.90. The lowest BCUT2D eigenvalue weighted by Crippen LogP contribution is -2.30. The summed E-state index contributed by atoms with van der Waals surface area (Å²) in [5.41, 5.74) is 3.64. The Hall–Kier alpha value is -3.33. The van der Waals surface area contributed by atoms with E-state index in [1.54, 1.807) is 17.8 Å². The number of halogens is 2. The van der Waals surface area contributed by atoms with Crippen LogP contribution >= 0.6 is 0 Å². The molecule has 4 aromatic rings. The molecule has 0 unspecified atom stereocenters. The Kier molecular flexibility index (Phi) is 7.84. The Morgan fingerprint density at radius 3 is 2.82 bits per heavy atom. The molecule has 1 atom stereocenters. The van der Waals surface area contributed by atoms with Crippen LogP contribution in [-0.4, -0.2) is 71.1 Å². The van der Waals surface area contributed by atoms with Gasteiger partial charge in [-0.05, 0) is 49.3 Å². The van der Waals surface area contributed by atoms with Crippen LogP contribution in [-0.2, 0) is 0 Å². The molecule has 0 spiro atoms. The number of anilines is 1. The summed E-state index contributed by atoms with van der Waals surface area (Å²) in [5, 5.41) is 8.75. The van der Waals surface area contributed by atoms with Crippen molar-refractivity contribution >= 4 is 22.4 Å². The van der Waals surface area contributed by atoms with Crippen LogP contribution in [0.25, 0.3) is 27.5 Å². The lowest BCUT2D eigenvalue weighted by Gasteiger charge is -2.21. The van der Waals surface area contributed by atoms with Crippen LogP contribution in [0.3, 0.4) is 0 Å². The number of alkyl halides is 2. The van der Waals surface area contributed by atoms with Gasteiger partial charge in [0.2, 0.25) is 11.8 Å². The van der Waals surface area contributed by atoms with Gasteiger partial charge in [-0.3, -0.25) is 9.37 Å². The fourth-order valence-electron chi connectivity index (χ4n) is 4.07. The average molecular weight is 469 g/mol. The Morgan fingerprint density at radius 2 is 2.06 bits per heavy atom. The summed E-state index contributed by atoms with van der Waals surface area (Å²) in [6.07, 6.45) is 4.26. The Balaban J connectivity index is 1.53. The second-order valence-corrected chi connectivity index (χ2v) is 8.19. The molecular formula is C25H30F2N6O. The highest BCUT2D eigenvalue weighted by Gasteiger charge is 2.17. The van der Waals surface area contributed by atoms with Crippen LogP contribution in [0.2, 0.25) is 0 Å². The molecule has 0 aliphatic rings. The molecule has 0 saturated carbocycles. The highest BCUT2D eigenvalue weighted by Crippen LogP contribution is 2.32. The Labute approximate surface area is 197 Å². The highest BCUT2D eigenvalue weighted by atomic mass is 19.1. The van der Waals surface area contributed by atoms with E-state index in [1.165, 1.54) is 0 Å². The number of fused-ring (bicyclic) bond motifs is 2. The van der Waals surface area contributed by atoms with Crippen molar-refractivity contribution in [1.82, 2.24) is 24.5 Å². The van der Waals surface area contributed by atoms with Gasteiger partial charge in [-0.1, -0.05) is 19.1 Å². The van der Waals surface area contributed by atoms with Crippen LogP contribution < -0.4 is 10.1 Å². The maximum absolute atomic E-state index is 13.6. The van der Waals surface area contributed by atoms with Gasteiger partial charge in [-0.15, -0.1) is 5.10 Å². The fraction of sp³-hybridized carbons (Fsp3) is 0.400. The third kappa shape index (κ3) is 5.25. The number of methoxy groups -OCH3 is 1. The van der Waals surface area contributed by atoms with Gasteiger partial charge in [0.1, 0.15) is 12.2 Å². The molecule has 9 heteroatoms. The molecule has 34 heavy (non-hydrogen) atoms. The number of hydrogen-bond donors (Lipinski definition) is 1. The summed E-state index contributed by atoms with van der Waals surface area (Å²) < 4.78 is 33.5. The zero-order chi connectivity index (χ0) is 23.9. The number of pyridine rings is 1.